The lowest BCUT2D eigenvalue weighted by molar-refractivity contribution is -0.148. The zero-order chi connectivity index (χ0) is 13.7. The van der Waals surface area contributed by atoms with E-state index in [4.69, 9.17) is 10.5 Å². The first kappa shape index (κ1) is 12.7. The summed E-state index contributed by atoms with van der Waals surface area (Å²) < 4.78 is 5.24. The summed E-state index contributed by atoms with van der Waals surface area (Å²) in [5, 5.41) is 9.57. The van der Waals surface area contributed by atoms with Crippen molar-refractivity contribution in [3.05, 3.63) is 11.6 Å². The van der Waals surface area contributed by atoms with E-state index in [2.05, 4.69) is 0 Å². The first-order valence-corrected chi connectivity index (χ1v) is 6.88. The van der Waals surface area contributed by atoms with Gasteiger partial charge in [-0.3, -0.25) is 9.59 Å². The molecule has 0 aromatic carbocycles. The van der Waals surface area contributed by atoms with Crippen molar-refractivity contribution in [2.45, 2.75) is 38.3 Å². The number of nitrogens with two attached hydrogens (primary N) is 1. The van der Waals surface area contributed by atoms with Crippen molar-refractivity contribution in [2.75, 3.05) is 0 Å². The Hall–Kier alpha value is -1.36. The maximum atomic E-state index is 11.9. The molecule has 1 saturated heterocycles. The Morgan fingerprint density at radius 2 is 2.21 bits per heavy atom. The fourth-order valence-electron chi connectivity index (χ4n) is 4.06. The van der Waals surface area contributed by atoms with E-state index in [-0.39, 0.29) is 30.0 Å². The molecule has 19 heavy (non-hydrogen) atoms. The number of carbonyl (C=O) groups excluding carboxylic acids is 1. The number of rotatable bonds is 1. The van der Waals surface area contributed by atoms with Gasteiger partial charge in [0.15, 0.2) is 0 Å². The van der Waals surface area contributed by atoms with E-state index in [0.29, 0.717) is 6.42 Å². The Labute approximate surface area is 111 Å². The Kier molecular flexibility index (Phi) is 2.89. The standard InChI is InChI=1S/C14H19NO4/c1-6-11-10(14(18)19-6)5-7-4-8(15)2-3-9(7)12(11)13(16)17/h5-6,8-12H,2-4,15H2,1H3,(H,16,17)/t6-,8-,9-,10-,11-,12+/m1/s1. The predicted octanol–water partition coefficient (Wildman–Crippen LogP) is 0.932. The van der Waals surface area contributed by atoms with E-state index in [1.807, 2.05) is 6.08 Å². The molecule has 0 aromatic rings. The summed E-state index contributed by atoms with van der Waals surface area (Å²) in [6.07, 6.45) is 3.99. The largest absolute Gasteiger partial charge is 0.481 e. The number of carbonyl (C=O) groups is 2. The van der Waals surface area contributed by atoms with Crippen LogP contribution in [0.4, 0.5) is 0 Å². The molecule has 5 heteroatoms. The Bertz CT molecular complexity index is 458. The van der Waals surface area contributed by atoms with Crippen LogP contribution in [0.2, 0.25) is 0 Å². The average Bonchev–Trinajstić information content (AvgIpc) is 2.61. The van der Waals surface area contributed by atoms with Gasteiger partial charge in [-0.25, -0.2) is 0 Å². The van der Waals surface area contributed by atoms with Gasteiger partial charge in [0.25, 0.3) is 0 Å². The van der Waals surface area contributed by atoms with Crippen molar-refractivity contribution in [3.8, 4) is 0 Å². The monoisotopic (exact) mass is 265 g/mol. The van der Waals surface area contributed by atoms with E-state index in [1.165, 1.54) is 0 Å². The lowest BCUT2D eigenvalue weighted by Gasteiger charge is -2.40. The van der Waals surface area contributed by atoms with Crippen LogP contribution in [0.5, 0.6) is 0 Å². The van der Waals surface area contributed by atoms with Crippen molar-refractivity contribution in [1.29, 1.82) is 0 Å². The number of ether oxygens (including phenoxy) is 1. The second-order valence-corrected chi connectivity index (χ2v) is 6.00. The van der Waals surface area contributed by atoms with Crippen molar-refractivity contribution in [3.63, 3.8) is 0 Å². The highest BCUT2D eigenvalue weighted by Crippen LogP contribution is 2.49. The summed E-state index contributed by atoms with van der Waals surface area (Å²) >= 11 is 0. The van der Waals surface area contributed by atoms with Crippen LogP contribution >= 0.6 is 0 Å². The minimum absolute atomic E-state index is 0.0236. The molecule has 2 fully saturated rings. The summed E-state index contributed by atoms with van der Waals surface area (Å²) in [6.45, 7) is 1.80. The van der Waals surface area contributed by atoms with Gasteiger partial charge < -0.3 is 15.6 Å². The minimum Gasteiger partial charge on any atom is -0.481 e. The minimum atomic E-state index is -0.814. The molecular formula is C14H19NO4. The fraction of sp³-hybridized carbons (Fsp3) is 0.714. The zero-order valence-corrected chi connectivity index (χ0v) is 10.9. The number of carboxylic acid groups (broad SMARTS) is 1. The quantitative estimate of drug-likeness (QED) is 0.544. The van der Waals surface area contributed by atoms with Crippen LogP contribution < -0.4 is 5.73 Å². The number of cyclic esters (lactones) is 1. The number of carboxylic acids is 1. The Morgan fingerprint density at radius 1 is 1.47 bits per heavy atom. The topological polar surface area (TPSA) is 89.6 Å². The molecule has 5 nitrogen and oxygen atoms in total. The summed E-state index contributed by atoms with van der Waals surface area (Å²) in [5.41, 5.74) is 7.01. The molecule has 1 saturated carbocycles. The molecule has 0 bridgehead atoms. The molecule has 3 aliphatic rings. The number of hydrogen-bond acceptors (Lipinski definition) is 4. The Balaban J connectivity index is 2.02. The second-order valence-electron chi connectivity index (χ2n) is 6.00. The molecule has 1 aliphatic heterocycles. The first-order chi connectivity index (χ1) is 8.99. The third kappa shape index (κ3) is 1.87. The van der Waals surface area contributed by atoms with Crippen LogP contribution in [0.1, 0.15) is 26.2 Å². The maximum absolute atomic E-state index is 11.9. The molecule has 2 aliphatic carbocycles. The molecule has 0 aromatic heterocycles. The third-order valence-corrected chi connectivity index (χ3v) is 4.88. The van der Waals surface area contributed by atoms with Crippen molar-refractivity contribution < 1.29 is 19.4 Å². The summed E-state index contributed by atoms with van der Waals surface area (Å²) in [7, 11) is 0. The van der Waals surface area contributed by atoms with Gasteiger partial charge in [-0.1, -0.05) is 11.6 Å². The van der Waals surface area contributed by atoms with Gasteiger partial charge in [0, 0.05) is 12.0 Å². The van der Waals surface area contributed by atoms with Crippen LogP contribution in [0.15, 0.2) is 11.6 Å². The number of aliphatic carboxylic acids is 1. The highest BCUT2D eigenvalue weighted by atomic mass is 16.6. The highest BCUT2D eigenvalue weighted by Gasteiger charge is 2.54. The fourth-order valence-corrected chi connectivity index (χ4v) is 4.06. The van der Waals surface area contributed by atoms with Gasteiger partial charge in [0.1, 0.15) is 6.10 Å². The van der Waals surface area contributed by atoms with Crippen LogP contribution in [0, 0.1) is 23.7 Å². The van der Waals surface area contributed by atoms with Gasteiger partial charge in [0.05, 0.1) is 11.8 Å². The molecule has 3 N–H and O–H groups in total. The molecular weight excluding hydrogens is 246 g/mol. The van der Waals surface area contributed by atoms with Crippen LogP contribution in [0.3, 0.4) is 0 Å². The maximum Gasteiger partial charge on any atom is 0.313 e. The Morgan fingerprint density at radius 3 is 2.89 bits per heavy atom. The van der Waals surface area contributed by atoms with E-state index < -0.39 is 17.8 Å². The summed E-state index contributed by atoms with van der Waals surface area (Å²) in [4.78, 5) is 23.5. The van der Waals surface area contributed by atoms with Gasteiger partial charge >= 0.3 is 11.9 Å². The zero-order valence-electron chi connectivity index (χ0n) is 10.9. The molecule has 3 rings (SSSR count). The number of hydrogen-bond donors (Lipinski definition) is 2. The first-order valence-electron chi connectivity index (χ1n) is 6.88. The normalized spacial score (nSPS) is 44.9. The predicted molar refractivity (Wildman–Crippen MR) is 67.1 cm³/mol. The van der Waals surface area contributed by atoms with Gasteiger partial charge in [0.2, 0.25) is 0 Å². The highest BCUT2D eigenvalue weighted by molar-refractivity contribution is 5.81. The van der Waals surface area contributed by atoms with E-state index in [1.54, 1.807) is 6.92 Å². The summed E-state index contributed by atoms with van der Waals surface area (Å²) in [5.74, 6) is -2.21. The second kappa shape index (κ2) is 4.34. The van der Waals surface area contributed by atoms with Gasteiger partial charge in [-0.05, 0) is 32.1 Å². The van der Waals surface area contributed by atoms with Crippen LogP contribution in [-0.4, -0.2) is 29.2 Å². The van der Waals surface area contributed by atoms with E-state index in [0.717, 1.165) is 18.4 Å². The van der Waals surface area contributed by atoms with Crippen LogP contribution in [-0.2, 0) is 14.3 Å². The van der Waals surface area contributed by atoms with E-state index in [9.17, 15) is 14.7 Å². The van der Waals surface area contributed by atoms with Crippen molar-refractivity contribution in [1.82, 2.24) is 0 Å². The average molecular weight is 265 g/mol. The lowest BCUT2D eigenvalue weighted by Crippen LogP contribution is -2.44. The molecule has 0 amide bonds. The molecule has 0 unspecified atom stereocenters. The summed E-state index contributed by atoms with van der Waals surface area (Å²) in [6, 6.07) is 0.0864. The van der Waals surface area contributed by atoms with E-state index >= 15 is 0 Å². The lowest BCUT2D eigenvalue weighted by atomic mass is 9.62. The molecule has 0 spiro atoms. The van der Waals surface area contributed by atoms with Crippen molar-refractivity contribution in [2.24, 2.45) is 29.4 Å². The van der Waals surface area contributed by atoms with Gasteiger partial charge in [-0.2, -0.15) is 0 Å². The number of fused-ring (bicyclic) bond motifs is 2. The molecule has 1 heterocycles. The molecule has 6 atom stereocenters. The SMILES string of the molecule is C[C@H]1OC(=O)[C@@H]2C=C3C[C@H](N)CC[C@H]3[C@H](C(=O)O)[C@H]12. The third-order valence-electron chi connectivity index (χ3n) is 4.88. The van der Waals surface area contributed by atoms with Crippen molar-refractivity contribution >= 4 is 11.9 Å². The molecule has 0 radical (unpaired) electrons. The smallest absolute Gasteiger partial charge is 0.313 e. The number of esters is 1. The van der Waals surface area contributed by atoms with Crippen LogP contribution in [0.25, 0.3) is 0 Å². The van der Waals surface area contributed by atoms with Gasteiger partial charge in [-0.15, -0.1) is 0 Å². The molecule has 104 valence electrons.